The Bertz CT molecular complexity index is 800. The van der Waals surface area contributed by atoms with Gasteiger partial charge in [-0.25, -0.2) is 0 Å². The van der Waals surface area contributed by atoms with Gasteiger partial charge in [0.05, 0.1) is 6.10 Å². The molecule has 1 amide bonds. The van der Waals surface area contributed by atoms with Crippen LogP contribution in [0.15, 0.2) is 41.2 Å². The molecule has 8 heteroatoms. The van der Waals surface area contributed by atoms with Crippen LogP contribution in [-0.4, -0.2) is 22.5 Å². The van der Waals surface area contributed by atoms with Crippen molar-refractivity contribution >= 4 is 5.91 Å². The molecule has 128 valence electrons. The van der Waals surface area contributed by atoms with Gasteiger partial charge in [0.15, 0.2) is 0 Å². The fourth-order valence-electron chi connectivity index (χ4n) is 2.17. The van der Waals surface area contributed by atoms with Crippen LogP contribution in [0.4, 0.5) is 13.2 Å². The van der Waals surface area contributed by atoms with Gasteiger partial charge in [0.25, 0.3) is 11.5 Å². The first-order valence-corrected chi connectivity index (χ1v) is 7.02. The number of aliphatic hydroxyl groups is 1. The number of aromatic amines is 1. The molecule has 2 aromatic rings. The summed E-state index contributed by atoms with van der Waals surface area (Å²) in [5.74, 6) is -0.863. The number of benzene rings is 1. The van der Waals surface area contributed by atoms with Gasteiger partial charge in [-0.3, -0.25) is 9.59 Å². The van der Waals surface area contributed by atoms with E-state index in [1.165, 1.54) is 0 Å². The molecule has 2 rings (SSSR count). The average molecular weight is 340 g/mol. The number of hydrogen-bond acceptors (Lipinski definition) is 3. The number of nitrogens with one attached hydrogen (secondary N) is 2. The number of aryl methyl sites for hydroxylation is 1. The number of alkyl halides is 3. The van der Waals surface area contributed by atoms with E-state index in [1.54, 1.807) is 36.2 Å². The number of hydrogen-bond donors (Lipinski definition) is 3. The summed E-state index contributed by atoms with van der Waals surface area (Å²) < 4.78 is 37.4. The molecule has 3 N–H and O–H groups in total. The summed E-state index contributed by atoms with van der Waals surface area (Å²) >= 11 is 0. The normalized spacial score (nSPS) is 12.7. The van der Waals surface area contributed by atoms with Gasteiger partial charge in [0, 0.05) is 6.54 Å². The predicted octanol–water partition coefficient (Wildman–Crippen LogP) is 2.17. The molecule has 1 atom stereocenters. The van der Waals surface area contributed by atoms with Crippen molar-refractivity contribution < 1.29 is 23.1 Å². The maximum atomic E-state index is 12.5. The Morgan fingerprint density at radius 2 is 1.92 bits per heavy atom. The molecular weight excluding hydrogens is 325 g/mol. The molecule has 0 aliphatic rings. The molecule has 0 bridgehead atoms. The first-order valence-electron chi connectivity index (χ1n) is 7.02. The number of H-pyrrole nitrogens is 1. The Balaban J connectivity index is 2.08. The lowest BCUT2D eigenvalue weighted by atomic mass is 10.0. The van der Waals surface area contributed by atoms with E-state index in [0.717, 1.165) is 11.6 Å². The zero-order valence-corrected chi connectivity index (χ0v) is 12.6. The third kappa shape index (κ3) is 4.02. The number of halogens is 3. The van der Waals surface area contributed by atoms with Gasteiger partial charge in [-0.2, -0.15) is 13.2 Å². The number of amides is 1. The standard InChI is InChI=1S/C16H15F3N2O3/c1-9-4-2-3-5-10(9)12(22)8-20-14(23)11-6-7-13(16(17,18)19)21-15(11)24/h2-7,12,22H,8H2,1H3,(H,20,23)(H,21,24). The quantitative estimate of drug-likeness (QED) is 0.798. The Hall–Kier alpha value is -2.61. The minimum absolute atomic E-state index is 0.176. The molecule has 0 radical (unpaired) electrons. The summed E-state index contributed by atoms with van der Waals surface area (Å²) in [6, 6.07) is 8.43. The van der Waals surface area contributed by atoms with Crippen LogP contribution in [0.3, 0.4) is 0 Å². The summed E-state index contributed by atoms with van der Waals surface area (Å²) in [6.07, 6.45) is -5.70. The summed E-state index contributed by atoms with van der Waals surface area (Å²) in [5, 5.41) is 12.4. The number of rotatable bonds is 4. The van der Waals surface area contributed by atoms with Crippen molar-refractivity contribution in [3.8, 4) is 0 Å². The van der Waals surface area contributed by atoms with E-state index in [1.807, 2.05) is 0 Å². The third-order valence-corrected chi connectivity index (χ3v) is 3.46. The van der Waals surface area contributed by atoms with Gasteiger partial charge in [0.1, 0.15) is 11.3 Å². The summed E-state index contributed by atoms with van der Waals surface area (Å²) in [6.45, 7) is 1.62. The van der Waals surface area contributed by atoms with E-state index < -0.39 is 35.0 Å². The van der Waals surface area contributed by atoms with Crippen LogP contribution < -0.4 is 10.9 Å². The van der Waals surface area contributed by atoms with Crippen LogP contribution in [0.25, 0.3) is 0 Å². The van der Waals surface area contributed by atoms with E-state index >= 15 is 0 Å². The van der Waals surface area contributed by atoms with Crippen molar-refractivity contribution in [2.24, 2.45) is 0 Å². The maximum Gasteiger partial charge on any atom is 0.431 e. The fraction of sp³-hybridized carbons (Fsp3) is 0.250. The summed E-state index contributed by atoms with van der Waals surface area (Å²) in [5.41, 5.74) is -1.40. The van der Waals surface area contributed by atoms with Crippen LogP contribution in [0, 0.1) is 6.92 Å². The van der Waals surface area contributed by atoms with E-state index in [0.29, 0.717) is 11.6 Å². The van der Waals surface area contributed by atoms with Crippen LogP contribution in [0.2, 0.25) is 0 Å². The van der Waals surface area contributed by atoms with E-state index in [2.05, 4.69) is 5.32 Å². The van der Waals surface area contributed by atoms with E-state index in [4.69, 9.17) is 0 Å². The van der Waals surface area contributed by atoms with Gasteiger partial charge in [-0.15, -0.1) is 0 Å². The Labute approximate surface area is 135 Å². The topological polar surface area (TPSA) is 82.2 Å². The highest BCUT2D eigenvalue weighted by Gasteiger charge is 2.32. The molecule has 24 heavy (non-hydrogen) atoms. The van der Waals surface area contributed by atoms with Crippen molar-refractivity contribution in [3.05, 3.63) is 69.1 Å². The minimum Gasteiger partial charge on any atom is -0.387 e. The summed E-state index contributed by atoms with van der Waals surface area (Å²) in [7, 11) is 0. The molecule has 1 heterocycles. The maximum absolute atomic E-state index is 12.5. The number of aromatic nitrogens is 1. The van der Waals surface area contributed by atoms with Crippen LogP contribution in [0.1, 0.15) is 33.3 Å². The van der Waals surface area contributed by atoms with E-state index in [-0.39, 0.29) is 6.54 Å². The molecule has 0 aliphatic heterocycles. The van der Waals surface area contributed by atoms with Gasteiger partial charge in [0.2, 0.25) is 0 Å². The molecule has 1 aromatic heterocycles. The lowest BCUT2D eigenvalue weighted by molar-refractivity contribution is -0.141. The van der Waals surface area contributed by atoms with Crippen molar-refractivity contribution in [2.75, 3.05) is 6.54 Å². The van der Waals surface area contributed by atoms with Crippen LogP contribution in [-0.2, 0) is 6.18 Å². The van der Waals surface area contributed by atoms with Crippen molar-refractivity contribution in [2.45, 2.75) is 19.2 Å². The molecule has 1 unspecified atom stereocenters. The zero-order chi connectivity index (χ0) is 17.9. The number of carbonyl (C=O) groups excluding carboxylic acids is 1. The molecule has 0 fully saturated rings. The smallest absolute Gasteiger partial charge is 0.387 e. The second kappa shape index (κ2) is 6.88. The summed E-state index contributed by atoms with van der Waals surface area (Å²) in [4.78, 5) is 25.2. The number of carbonyl (C=O) groups is 1. The van der Waals surface area contributed by atoms with Crippen molar-refractivity contribution in [3.63, 3.8) is 0 Å². The van der Waals surface area contributed by atoms with Crippen molar-refractivity contribution in [1.29, 1.82) is 0 Å². The molecule has 0 aliphatic carbocycles. The Morgan fingerprint density at radius 1 is 1.25 bits per heavy atom. The molecule has 5 nitrogen and oxygen atoms in total. The third-order valence-electron chi connectivity index (χ3n) is 3.46. The predicted molar refractivity (Wildman–Crippen MR) is 80.5 cm³/mol. The van der Waals surface area contributed by atoms with Crippen LogP contribution in [0.5, 0.6) is 0 Å². The highest BCUT2D eigenvalue weighted by molar-refractivity contribution is 5.93. The number of pyridine rings is 1. The second-order valence-corrected chi connectivity index (χ2v) is 5.19. The lowest BCUT2D eigenvalue weighted by Crippen LogP contribution is -2.33. The lowest BCUT2D eigenvalue weighted by Gasteiger charge is -2.14. The van der Waals surface area contributed by atoms with E-state index in [9.17, 15) is 27.9 Å². The van der Waals surface area contributed by atoms with Gasteiger partial charge in [-0.1, -0.05) is 24.3 Å². The molecule has 0 spiro atoms. The highest BCUT2D eigenvalue weighted by atomic mass is 19.4. The Kier molecular flexibility index (Phi) is 5.08. The number of aliphatic hydroxyl groups excluding tert-OH is 1. The fourth-order valence-corrected chi connectivity index (χ4v) is 2.17. The minimum atomic E-state index is -4.70. The Morgan fingerprint density at radius 3 is 2.50 bits per heavy atom. The van der Waals surface area contributed by atoms with Gasteiger partial charge < -0.3 is 15.4 Å². The largest absolute Gasteiger partial charge is 0.431 e. The van der Waals surface area contributed by atoms with Crippen molar-refractivity contribution in [1.82, 2.24) is 10.3 Å². The first kappa shape index (κ1) is 17.7. The van der Waals surface area contributed by atoms with Crippen LogP contribution >= 0.6 is 0 Å². The molecule has 0 saturated heterocycles. The molecule has 1 aromatic carbocycles. The first-order chi connectivity index (χ1) is 11.2. The molecular formula is C16H15F3N2O3. The van der Waals surface area contributed by atoms with Gasteiger partial charge in [-0.05, 0) is 30.2 Å². The van der Waals surface area contributed by atoms with Gasteiger partial charge >= 0.3 is 6.18 Å². The monoisotopic (exact) mass is 340 g/mol. The zero-order valence-electron chi connectivity index (χ0n) is 12.6. The average Bonchev–Trinajstić information content (AvgIpc) is 2.51. The second-order valence-electron chi connectivity index (χ2n) is 5.19. The molecule has 0 saturated carbocycles. The SMILES string of the molecule is Cc1ccccc1C(O)CNC(=O)c1ccc(C(F)(F)F)[nH]c1=O. The highest BCUT2D eigenvalue weighted by Crippen LogP contribution is 2.26.